The molecule has 3 aromatic carbocycles. The van der Waals surface area contributed by atoms with Crippen LogP contribution in [0.15, 0.2) is 65.5 Å². The molecule has 4 rings (SSSR count). The molecule has 6 nitrogen and oxygen atoms in total. The molecule has 212 valence electrons. The summed E-state index contributed by atoms with van der Waals surface area (Å²) in [6, 6.07) is 8.57. The summed E-state index contributed by atoms with van der Waals surface area (Å²) in [6.07, 6.45) is -5.36. The summed E-state index contributed by atoms with van der Waals surface area (Å²) in [5, 5.41) is 12.7. The molecule has 1 heterocycles. The lowest BCUT2D eigenvalue weighted by molar-refractivity contribution is -0.279. The minimum Gasteiger partial charge on any atom is -0.494 e. The lowest BCUT2D eigenvalue weighted by Crippen LogP contribution is -2.56. The van der Waals surface area contributed by atoms with Crippen LogP contribution >= 0.6 is 11.6 Å². The predicted molar refractivity (Wildman–Crippen MR) is 137 cm³/mol. The van der Waals surface area contributed by atoms with Gasteiger partial charge in [-0.1, -0.05) is 17.7 Å². The smallest absolute Gasteiger partial charge is 0.421 e. The number of pyridine rings is 1. The number of nitrogens with one attached hydrogen (secondary N) is 1. The zero-order chi connectivity index (χ0) is 29.4. The summed E-state index contributed by atoms with van der Waals surface area (Å²) in [7, 11) is 2.05. The third kappa shape index (κ3) is 5.21. The zero-order valence-electron chi connectivity index (χ0n) is 20.8. The highest BCUT2D eigenvalue weighted by Crippen LogP contribution is 2.46. The van der Waals surface area contributed by atoms with Gasteiger partial charge in [0.1, 0.15) is 11.6 Å². The molecule has 0 radical (unpaired) electrons. The number of aliphatic hydroxyl groups is 1. The van der Waals surface area contributed by atoms with Crippen molar-refractivity contribution < 1.29 is 40.9 Å². The van der Waals surface area contributed by atoms with E-state index in [4.69, 9.17) is 16.3 Å². The summed E-state index contributed by atoms with van der Waals surface area (Å²) in [5.41, 5.74) is -5.14. The van der Waals surface area contributed by atoms with Crippen molar-refractivity contribution in [2.75, 3.05) is 26.1 Å². The summed E-state index contributed by atoms with van der Waals surface area (Å²) in [4.78, 5) is 12.8. The number of aromatic nitrogens is 1. The fourth-order valence-corrected chi connectivity index (χ4v) is 4.64. The lowest BCUT2D eigenvalue weighted by Gasteiger charge is -2.39. The average Bonchev–Trinajstić information content (AvgIpc) is 2.89. The second kappa shape index (κ2) is 11.0. The van der Waals surface area contributed by atoms with Crippen molar-refractivity contribution in [3.05, 3.63) is 99.1 Å². The Morgan fingerprint density at radius 3 is 2.25 bits per heavy atom. The van der Waals surface area contributed by atoms with E-state index < -0.39 is 58.0 Å². The van der Waals surface area contributed by atoms with E-state index >= 15 is 0 Å². The molecule has 0 saturated carbocycles. The number of benzene rings is 3. The van der Waals surface area contributed by atoms with E-state index in [-0.39, 0.29) is 28.0 Å². The molecule has 0 bridgehead atoms. The molecule has 0 aliphatic carbocycles. The number of alkyl halides is 3. The largest absolute Gasteiger partial charge is 0.494 e. The van der Waals surface area contributed by atoms with Crippen LogP contribution in [0.25, 0.3) is 16.6 Å². The number of halogens is 7. The van der Waals surface area contributed by atoms with Crippen LogP contribution in [0.2, 0.25) is 5.02 Å². The van der Waals surface area contributed by atoms with Gasteiger partial charge in [0.2, 0.25) is 5.60 Å². The first-order valence-corrected chi connectivity index (χ1v) is 11.9. The Morgan fingerprint density at radius 2 is 1.65 bits per heavy atom. The number of nitrogens with zero attached hydrogens (tertiary/aromatic N) is 1. The van der Waals surface area contributed by atoms with Crippen LogP contribution in [0.5, 0.6) is 5.75 Å². The standard InChI is InChI=1S/C27H21ClF6N2O4/c1-39-13-26(38,27(32,33)34)25(18-7-9-21(40-2)24(31)23(18)28)35-19-11-15(30)12-20-17(19)8-10-22(37)36(20)16-5-3-14(29)4-6-16/h3-12,25,35,38H,13H2,1-2H3. The van der Waals surface area contributed by atoms with Gasteiger partial charge in [-0.05, 0) is 54.1 Å². The number of rotatable bonds is 8. The Morgan fingerprint density at radius 1 is 0.975 bits per heavy atom. The molecule has 4 aromatic rings. The van der Waals surface area contributed by atoms with Crippen LogP contribution in [-0.4, -0.2) is 42.3 Å². The van der Waals surface area contributed by atoms with Gasteiger partial charge in [-0.15, -0.1) is 0 Å². The van der Waals surface area contributed by atoms with Gasteiger partial charge in [-0.2, -0.15) is 13.2 Å². The monoisotopic (exact) mass is 586 g/mol. The SMILES string of the molecule is COCC(O)(C(Nc1cc(F)cc2c1ccc(=O)n2-c1ccc(F)cc1)c1ccc(OC)c(F)c1Cl)C(F)(F)F. The fourth-order valence-electron chi connectivity index (χ4n) is 4.37. The molecular weight excluding hydrogens is 566 g/mol. The number of hydrogen-bond acceptors (Lipinski definition) is 5. The van der Waals surface area contributed by atoms with Gasteiger partial charge in [0.05, 0.1) is 30.3 Å². The highest BCUT2D eigenvalue weighted by molar-refractivity contribution is 6.31. The molecule has 0 aliphatic rings. The van der Waals surface area contributed by atoms with Crippen LogP contribution in [0, 0.1) is 17.5 Å². The Bertz CT molecular complexity index is 1610. The average molecular weight is 587 g/mol. The Labute approximate surface area is 228 Å². The van der Waals surface area contributed by atoms with Crippen molar-refractivity contribution in [2.24, 2.45) is 0 Å². The Balaban J connectivity index is 1.99. The zero-order valence-corrected chi connectivity index (χ0v) is 21.6. The van der Waals surface area contributed by atoms with E-state index in [0.717, 1.165) is 61.3 Å². The molecule has 0 spiro atoms. The van der Waals surface area contributed by atoms with Crippen molar-refractivity contribution in [3.8, 4) is 11.4 Å². The maximum absolute atomic E-state index is 14.9. The number of hydrogen-bond donors (Lipinski definition) is 2. The molecular formula is C27H21ClF6N2O4. The quantitative estimate of drug-likeness (QED) is 0.242. The second-order valence-corrected chi connectivity index (χ2v) is 9.16. The predicted octanol–water partition coefficient (Wildman–Crippen LogP) is 6.16. The minimum absolute atomic E-state index is 0.0439. The van der Waals surface area contributed by atoms with E-state index in [1.54, 1.807) is 0 Å². The van der Waals surface area contributed by atoms with Crippen LogP contribution in [-0.2, 0) is 4.74 Å². The second-order valence-electron chi connectivity index (χ2n) is 8.79. The molecule has 1 aromatic heterocycles. The van der Waals surface area contributed by atoms with E-state index in [2.05, 4.69) is 10.1 Å². The van der Waals surface area contributed by atoms with Gasteiger partial charge in [0.25, 0.3) is 5.56 Å². The van der Waals surface area contributed by atoms with Crippen LogP contribution in [0.4, 0.5) is 32.0 Å². The molecule has 0 amide bonds. The van der Waals surface area contributed by atoms with Crippen molar-refractivity contribution in [1.82, 2.24) is 4.57 Å². The normalized spacial score (nSPS) is 14.2. The van der Waals surface area contributed by atoms with Crippen LogP contribution < -0.4 is 15.6 Å². The van der Waals surface area contributed by atoms with Crippen molar-refractivity contribution >= 4 is 28.2 Å². The maximum atomic E-state index is 14.9. The number of methoxy groups -OCH3 is 2. The topological polar surface area (TPSA) is 72.7 Å². The molecule has 2 N–H and O–H groups in total. The molecule has 0 fully saturated rings. The van der Waals surface area contributed by atoms with Crippen molar-refractivity contribution in [2.45, 2.75) is 17.8 Å². The number of fused-ring (bicyclic) bond motifs is 1. The summed E-state index contributed by atoms with van der Waals surface area (Å²) >= 11 is 6.12. The van der Waals surface area contributed by atoms with Crippen molar-refractivity contribution in [1.29, 1.82) is 0 Å². The molecule has 0 aliphatic heterocycles. The lowest BCUT2D eigenvalue weighted by atomic mass is 9.87. The van der Waals surface area contributed by atoms with E-state index in [0.29, 0.717) is 0 Å². The van der Waals surface area contributed by atoms with Gasteiger partial charge in [-0.25, -0.2) is 13.2 Å². The Kier molecular flexibility index (Phi) is 8.06. The highest BCUT2D eigenvalue weighted by Gasteiger charge is 2.60. The molecule has 2 unspecified atom stereocenters. The van der Waals surface area contributed by atoms with E-state index in [9.17, 15) is 36.2 Å². The summed E-state index contributed by atoms with van der Waals surface area (Å²) in [5.74, 6) is -3.12. The Hall–Kier alpha value is -3.74. The van der Waals surface area contributed by atoms with Crippen LogP contribution in [0.1, 0.15) is 11.6 Å². The van der Waals surface area contributed by atoms with Gasteiger partial charge in [0, 0.05) is 29.9 Å². The molecule has 13 heteroatoms. The van der Waals surface area contributed by atoms with Crippen LogP contribution in [0.3, 0.4) is 0 Å². The number of anilines is 1. The third-order valence-electron chi connectivity index (χ3n) is 6.30. The summed E-state index contributed by atoms with van der Waals surface area (Å²) in [6.45, 7) is -1.31. The van der Waals surface area contributed by atoms with Crippen molar-refractivity contribution in [3.63, 3.8) is 0 Å². The molecule has 2 atom stereocenters. The first kappa shape index (κ1) is 29.2. The van der Waals surface area contributed by atoms with E-state index in [1.165, 1.54) is 18.2 Å². The molecule has 40 heavy (non-hydrogen) atoms. The van der Waals surface area contributed by atoms with Gasteiger partial charge >= 0.3 is 6.18 Å². The molecule has 0 saturated heterocycles. The first-order valence-electron chi connectivity index (χ1n) is 11.5. The first-order chi connectivity index (χ1) is 18.8. The summed E-state index contributed by atoms with van der Waals surface area (Å²) < 4.78 is 97.0. The fraction of sp³-hybridized carbons (Fsp3) is 0.222. The van der Waals surface area contributed by atoms with Gasteiger partial charge in [0.15, 0.2) is 11.6 Å². The van der Waals surface area contributed by atoms with E-state index in [1.807, 2.05) is 0 Å². The highest BCUT2D eigenvalue weighted by atomic mass is 35.5. The number of ether oxygens (including phenoxy) is 2. The third-order valence-corrected chi connectivity index (χ3v) is 6.69. The maximum Gasteiger partial charge on any atom is 0.421 e. The minimum atomic E-state index is -5.36. The van der Waals surface area contributed by atoms with Gasteiger partial charge < -0.3 is 19.9 Å². The van der Waals surface area contributed by atoms with Gasteiger partial charge in [-0.3, -0.25) is 9.36 Å².